The Morgan fingerprint density at radius 3 is 2.41 bits per heavy atom. The Morgan fingerprint density at radius 1 is 0.894 bits per heavy atom. The second kappa shape index (κ2) is 19.5. The predicted molar refractivity (Wildman–Crippen MR) is 247 cm³/mol. The molecule has 3 N–H and O–H groups in total. The van der Waals surface area contributed by atoms with Gasteiger partial charge in [-0.25, -0.2) is 14.4 Å². The van der Waals surface area contributed by atoms with Crippen LogP contribution >= 0.6 is 0 Å². The summed E-state index contributed by atoms with van der Waals surface area (Å²) in [7, 11) is 1.54. The number of pyridine rings is 1. The molecule has 17 nitrogen and oxygen atoms in total. The van der Waals surface area contributed by atoms with Crippen molar-refractivity contribution in [1.82, 2.24) is 40.0 Å². The Kier molecular flexibility index (Phi) is 13.3. The molecule has 3 atom stereocenters. The largest absolute Gasteiger partial charge is 0.378 e. The number of hydrogen-bond donors (Lipinski definition) is 3. The first kappa shape index (κ1) is 45.2. The summed E-state index contributed by atoms with van der Waals surface area (Å²) in [6, 6.07) is 8.28. The van der Waals surface area contributed by atoms with Gasteiger partial charge in [0.1, 0.15) is 23.8 Å². The highest BCUT2D eigenvalue weighted by atomic mass is 19.1. The standard InChI is InChI=1S/C48H60FN11O6/c1-29(2)59-27-36(35-26-51-42(25-39(35)59)53-41-11-17-50-48(54-41)58-23-16-40(66-3)37(49)28-58)44(62)52-31-14-19-56(20-15-31)18-5-4-6-30-12-21-57(22-13-30)32-7-8-33-34(24-32)47(65)60(46(33)64)38-9-10-43(61)55-45(38)63/h7-8,11,17,24-27,29-31,37-38,40H,4-6,9-10,12-16,18-23,28H2,1-3H3,(H,52,62)(H,55,61,63)(H,50,51,53,54)/t37-,38?,40?/m1/s1. The number of aromatic nitrogens is 4. The lowest BCUT2D eigenvalue weighted by Crippen LogP contribution is -2.54. The summed E-state index contributed by atoms with van der Waals surface area (Å²) in [6.07, 6.45) is 11.9. The molecule has 1 aromatic carbocycles. The van der Waals surface area contributed by atoms with Gasteiger partial charge in [0.25, 0.3) is 17.7 Å². The van der Waals surface area contributed by atoms with Crippen LogP contribution in [0.25, 0.3) is 10.9 Å². The van der Waals surface area contributed by atoms with Crippen LogP contribution in [-0.2, 0) is 14.3 Å². The molecule has 4 saturated heterocycles. The minimum Gasteiger partial charge on any atom is -0.378 e. The zero-order chi connectivity index (χ0) is 46.1. The van der Waals surface area contributed by atoms with Crippen LogP contribution in [0.4, 0.5) is 27.7 Å². The van der Waals surface area contributed by atoms with Gasteiger partial charge in [0.2, 0.25) is 17.8 Å². The summed E-state index contributed by atoms with van der Waals surface area (Å²) < 4.78 is 22.0. The SMILES string of the molecule is COC1CCN(c2nccc(Nc3cc4c(cn3)c(C(=O)NC3CCN(CCCCC5CCN(c6ccc7c(c6)C(=O)N(C6CCC(=O)NC6=O)C7=O)CC5)CC3)cn4C(C)C)n2)C[C@H]1F. The van der Waals surface area contributed by atoms with Crippen molar-refractivity contribution in [3.63, 3.8) is 0 Å². The van der Waals surface area contributed by atoms with E-state index in [9.17, 15) is 28.4 Å². The normalized spacial score (nSPS) is 22.4. The molecule has 4 aromatic rings. The highest BCUT2D eigenvalue weighted by molar-refractivity contribution is 6.23. The van der Waals surface area contributed by atoms with Gasteiger partial charge in [0.05, 0.1) is 34.9 Å². The van der Waals surface area contributed by atoms with Gasteiger partial charge in [-0.05, 0) is 95.5 Å². The number of carbonyl (C=O) groups excluding carboxylic acids is 5. The summed E-state index contributed by atoms with van der Waals surface area (Å²) in [4.78, 5) is 85.7. The van der Waals surface area contributed by atoms with Crippen molar-refractivity contribution in [2.24, 2.45) is 5.92 Å². The number of benzene rings is 1. The van der Waals surface area contributed by atoms with Gasteiger partial charge in [-0.3, -0.25) is 34.2 Å². The van der Waals surface area contributed by atoms with E-state index in [1.54, 1.807) is 30.6 Å². The lowest BCUT2D eigenvalue weighted by Gasteiger charge is -2.34. The Bertz CT molecular complexity index is 2480. The van der Waals surface area contributed by atoms with Crippen LogP contribution in [0.3, 0.4) is 0 Å². The summed E-state index contributed by atoms with van der Waals surface area (Å²) in [5.74, 6) is 0.152. The first-order chi connectivity index (χ1) is 31.9. The molecule has 18 heteroatoms. The van der Waals surface area contributed by atoms with Crippen molar-refractivity contribution < 1.29 is 33.1 Å². The third kappa shape index (κ3) is 9.47. The first-order valence-corrected chi connectivity index (χ1v) is 23.6. The van der Waals surface area contributed by atoms with Crippen LogP contribution in [-0.4, -0.2) is 136 Å². The predicted octanol–water partition coefficient (Wildman–Crippen LogP) is 5.40. The number of unbranched alkanes of at least 4 members (excludes halogenated alkanes) is 1. The molecular formula is C48H60FN11O6. The molecule has 5 amide bonds. The van der Waals surface area contributed by atoms with Gasteiger partial charge in [-0.15, -0.1) is 0 Å². The summed E-state index contributed by atoms with van der Waals surface area (Å²) in [5, 5.41) is 9.63. The number of rotatable bonds is 14. The van der Waals surface area contributed by atoms with Gasteiger partial charge in [0, 0.05) is 94.1 Å². The first-order valence-electron chi connectivity index (χ1n) is 23.6. The number of anilines is 4. The van der Waals surface area contributed by atoms with Crippen LogP contribution in [0.2, 0.25) is 0 Å². The number of methoxy groups -OCH3 is 1. The molecule has 0 saturated carbocycles. The molecule has 4 fully saturated rings. The number of ether oxygens (including phenoxy) is 1. The monoisotopic (exact) mass is 905 g/mol. The Hall–Kier alpha value is -6.01. The maximum Gasteiger partial charge on any atom is 0.262 e. The number of halogens is 1. The van der Waals surface area contributed by atoms with Crippen LogP contribution in [0, 0.1) is 5.92 Å². The number of fused-ring (bicyclic) bond motifs is 2. The summed E-state index contributed by atoms with van der Waals surface area (Å²) >= 11 is 0. The maximum absolute atomic E-state index is 14.6. The molecule has 0 radical (unpaired) electrons. The third-order valence-corrected chi connectivity index (χ3v) is 14.1. The van der Waals surface area contributed by atoms with E-state index in [0.29, 0.717) is 53.2 Å². The zero-order valence-electron chi connectivity index (χ0n) is 38.0. The molecule has 5 aliphatic rings. The van der Waals surface area contributed by atoms with Gasteiger partial charge >= 0.3 is 0 Å². The van der Waals surface area contributed by atoms with Crippen LogP contribution in [0.5, 0.6) is 0 Å². The van der Waals surface area contributed by atoms with Crippen molar-refractivity contribution in [1.29, 1.82) is 0 Å². The quantitative estimate of drug-likeness (QED) is 0.108. The van der Waals surface area contributed by atoms with E-state index in [2.05, 4.69) is 59.1 Å². The van der Waals surface area contributed by atoms with Gasteiger partial charge < -0.3 is 34.6 Å². The van der Waals surface area contributed by atoms with E-state index >= 15 is 0 Å². The highest BCUT2D eigenvalue weighted by Gasteiger charge is 2.45. The average molecular weight is 906 g/mol. The summed E-state index contributed by atoms with van der Waals surface area (Å²) in [6.45, 7) is 9.62. The van der Waals surface area contributed by atoms with Crippen LogP contribution in [0.1, 0.15) is 115 Å². The fourth-order valence-electron chi connectivity index (χ4n) is 10.3. The van der Waals surface area contributed by atoms with E-state index in [1.165, 1.54) is 13.5 Å². The number of imide groups is 2. The second-order valence-electron chi connectivity index (χ2n) is 18.7. The van der Waals surface area contributed by atoms with Crippen molar-refractivity contribution in [3.8, 4) is 0 Å². The number of amides is 5. The van der Waals surface area contributed by atoms with E-state index in [-0.39, 0.29) is 37.4 Å². The van der Waals surface area contributed by atoms with E-state index in [1.807, 2.05) is 23.2 Å². The van der Waals surface area contributed by atoms with Crippen molar-refractivity contribution in [2.75, 3.05) is 68.0 Å². The number of likely N-dealkylation sites (tertiary alicyclic amines) is 1. The molecule has 0 aliphatic carbocycles. The number of nitrogens with zero attached hydrogens (tertiary/aromatic N) is 8. The van der Waals surface area contributed by atoms with Gasteiger partial charge in [-0.1, -0.05) is 12.8 Å². The Labute approximate surface area is 383 Å². The molecule has 9 rings (SSSR count). The van der Waals surface area contributed by atoms with Crippen LogP contribution in [0.15, 0.2) is 48.9 Å². The number of hydrogen-bond acceptors (Lipinski definition) is 13. The second-order valence-corrected chi connectivity index (χ2v) is 18.7. The smallest absolute Gasteiger partial charge is 0.262 e. The fraction of sp³-hybridized carbons (Fsp3) is 0.542. The number of alkyl halides is 1. The topological polar surface area (TPSA) is 187 Å². The van der Waals surface area contributed by atoms with Crippen molar-refractivity contribution in [2.45, 2.75) is 108 Å². The fourth-order valence-corrected chi connectivity index (χ4v) is 10.3. The minimum atomic E-state index is -1.12. The van der Waals surface area contributed by atoms with E-state index < -0.39 is 41.9 Å². The number of carbonyl (C=O) groups is 5. The average Bonchev–Trinajstić information content (AvgIpc) is 3.82. The van der Waals surface area contributed by atoms with Gasteiger partial charge in [0.15, 0.2) is 0 Å². The minimum absolute atomic E-state index is 0.0913. The summed E-state index contributed by atoms with van der Waals surface area (Å²) in [5.41, 5.74) is 3.02. The molecule has 0 spiro atoms. The zero-order valence-corrected chi connectivity index (χ0v) is 38.0. The van der Waals surface area contributed by atoms with Gasteiger partial charge in [-0.2, -0.15) is 4.98 Å². The molecule has 350 valence electrons. The molecule has 5 aliphatic heterocycles. The molecule has 2 unspecified atom stereocenters. The molecule has 66 heavy (non-hydrogen) atoms. The molecule has 3 aromatic heterocycles. The third-order valence-electron chi connectivity index (χ3n) is 14.1. The lowest BCUT2D eigenvalue weighted by atomic mass is 9.91. The Balaban J connectivity index is 0.707. The molecular weight excluding hydrogens is 846 g/mol. The molecule has 0 bridgehead atoms. The van der Waals surface area contributed by atoms with E-state index in [4.69, 9.17) is 4.74 Å². The maximum atomic E-state index is 14.6. The number of nitrogens with one attached hydrogen (secondary N) is 3. The van der Waals surface area contributed by atoms with Crippen molar-refractivity contribution in [3.05, 3.63) is 65.6 Å². The molecule has 8 heterocycles. The lowest BCUT2D eigenvalue weighted by molar-refractivity contribution is -0.136. The Morgan fingerprint density at radius 2 is 1.67 bits per heavy atom. The van der Waals surface area contributed by atoms with Crippen molar-refractivity contribution >= 4 is 63.7 Å². The number of piperidine rings is 4. The van der Waals surface area contributed by atoms with Crippen LogP contribution < -0.4 is 25.8 Å². The van der Waals surface area contributed by atoms with E-state index in [0.717, 1.165) is 92.7 Å². The highest BCUT2D eigenvalue weighted by Crippen LogP contribution is 2.34.